The first-order valence-corrected chi connectivity index (χ1v) is 8.43. The first-order chi connectivity index (χ1) is 10.8. The van der Waals surface area contributed by atoms with Crippen molar-refractivity contribution in [3.8, 4) is 0 Å². The van der Waals surface area contributed by atoms with Gasteiger partial charge in [-0.15, -0.1) is 0 Å². The lowest BCUT2D eigenvalue weighted by atomic mass is 9.96. The highest BCUT2D eigenvalue weighted by molar-refractivity contribution is 5.35. The predicted octanol–water partition coefficient (Wildman–Crippen LogP) is 4.65. The van der Waals surface area contributed by atoms with E-state index in [4.69, 9.17) is 0 Å². The van der Waals surface area contributed by atoms with Crippen LogP contribution in [-0.4, -0.2) is 30.6 Å². The van der Waals surface area contributed by atoms with E-state index in [-0.39, 0.29) is 5.92 Å². The van der Waals surface area contributed by atoms with E-state index < -0.39 is 11.7 Å². The Kier molecular flexibility index (Phi) is 7.55. The smallest absolute Gasteiger partial charge is 0.312 e. The summed E-state index contributed by atoms with van der Waals surface area (Å²) in [6.07, 6.45) is -4.29. The Hall–Kier alpha value is -1.07. The highest BCUT2D eigenvalue weighted by atomic mass is 19.4. The predicted molar refractivity (Wildman–Crippen MR) is 89.6 cm³/mol. The molecule has 1 fully saturated rings. The Morgan fingerprint density at radius 3 is 2.43 bits per heavy atom. The number of nitrogens with zero attached hydrogens (tertiary/aromatic N) is 1. The Bertz CT molecular complexity index is 484. The van der Waals surface area contributed by atoms with Crippen molar-refractivity contribution in [1.29, 1.82) is 0 Å². The van der Waals surface area contributed by atoms with Crippen LogP contribution in [0.4, 0.5) is 13.2 Å². The van der Waals surface area contributed by atoms with E-state index in [0.29, 0.717) is 18.2 Å². The average Bonchev–Trinajstić information content (AvgIpc) is 2.48. The SMILES string of the molecule is CC.CC1CN(Cc2ccc(C(C)C)cc2C(F)(F)F)CCN1. The van der Waals surface area contributed by atoms with Crippen LogP contribution in [0.25, 0.3) is 0 Å². The van der Waals surface area contributed by atoms with Gasteiger partial charge in [-0.3, -0.25) is 4.90 Å². The molecule has 2 nitrogen and oxygen atoms in total. The van der Waals surface area contributed by atoms with Crippen LogP contribution in [0.3, 0.4) is 0 Å². The Morgan fingerprint density at radius 1 is 1.26 bits per heavy atom. The van der Waals surface area contributed by atoms with Gasteiger partial charge in [-0.2, -0.15) is 13.2 Å². The van der Waals surface area contributed by atoms with Crippen molar-refractivity contribution in [3.63, 3.8) is 0 Å². The number of nitrogens with one attached hydrogen (secondary N) is 1. The number of benzene rings is 1. The molecule has 0 radical (unpaired) electrons. The Balaban J connectivity index is 0.00000127. The number of piperazine rings is 1. The van der Waals surface area contributed by atoms with Gasteiger partial charge in [-0.05, 0) is 30.0 Å². The number of rotatable bonds is 3. The minimum atomic E-state index is -4.29. The summed E-state index contributed by atoms with van der Waals surface area (Å²) in [5.41, 5.74) is 0.626. The number of halogens is 3. The fourth-order valence-corrected chi connectivity index (χ4v) is 2.75. The van der Waals surface area contributed by atoms with Gasteiger partial charge in [0.05, 0.1) is 5.56 Å². The van der Waals surface area contributed by atoms with E-state index in [9.17, 15) is 13.2 Å². The van der Waals surface area contributed by atoms with Crippen LogP contribution >= 0.6 is 0 Å². The second-order valence-electron chi connectivity index (χ2n) is 6.16. The van der Waals surface area contributed by atoms with Crippen LogP contribution in [0, 0.1) is 0 Å². The second kappa shape index (κ2) is 8.69. The normalized spacial score (nSPS) is 19.4. The van der Waals surface area contributed by atoms with E-state index in [2.05, 4.69) is 17.1 Å². The molecule has 0 amide bonds. The van der Waals surface area contributed by atoms with E-state index in [1.165, 1.54) is 6.07 Å². The molecule has 23 heavy (non-hydrogen) atoms. The number of hydrogen-bond donors (Lipinski definition) is 1. The van der Waals surface area contributed by atoms with Gasteiger partial charge >= 0.3 is 6.18 Å². The molecule has 1 N–H and O–H groups in total. The molecule has 0 saturated carbocycles. The molecule has 0 aliphatic carbocycles. The van der Waals surface area contributed by atoms with Crippen molar-refractivity contribution in [2.24, 2.45) is 0 Å². The van der Waals surface area contributed by atoms with Crippen molar-refractivity contribution in [2.45, 2.75) is 59.3 Å². The maximum Gasteiger partial charge on any atom is 0.416 e. The molecule has 1 unspecified atom stereocenters. The molecule has 1 aliphatic heterocycles. The van der Waals surface area contributed by atoms with E-state index in [1.807, 2.05) is 33.8 Å². The molecule has 2 rings (SSSR count). The van der Waals surface area contributed by atoms with Crippen molar-refractivity contribution < 1.29 is 13.2 Å². The van der Waals surface area contributed by atoms with E-state index in [1.54, 1.807) is 6.07 Å². The Labute approximate surface area is 138 Å². The Morgan fingerprint density at radius 2 is 1.91 bits per heavy atom. The van der Waals surface area contributed by atoms with Crippen LogP contribution in [-0.2, 0) is 12.7 Å². The molecule has 0 spiro atoms. The lowest BCUT2D eigenvalue weighted by molar-refractivity contribution is -0.138. The van der Waals surface area contributed by atoms with Crippen LogP contribution in [0.2, 0.25) is 0 Å². The van der Waals surface area contributed by atoms with Crippen LogP contribution < -0.4 is 5.32 Å². The first-order valence-electron chi connectivity index (χ1n) is 8.43. The van der Waals surface area contributed by atoms with Gasteiger partial charge in [-0.1, -0.05) is 39.8 Å². The van der Waals surface area contributed by atoms with Gasteiger partial charge in [-0.25, -0.2) is 0 Å². The second-order valence-corrected chi connectivity index (χ2v) is 6.16. The van der Waals surface area contributed by atoms with Gasteiger partial charge in [0.25, 0.3) is 0 Å². The molecule has 1 heterocycles. The summed E-state index contributed by atoms with van der Waals surface area (Å²) in [6, 6.07) is 5.10. The maximum absolute atomic E-state index is 13.3. The molecule has 5 heteroatoms. The standard InChI is InChI=1S/C16H23F3N2.C2H6/c1-11(2)13-4-5-14(15(8-13)16(17,18)19)10-21-7-6-20-12(3)9-21;1-2/h4-5,8,11-12,20H,6-7,9-10H2,1-3H3;1-2H3. The van der Waals surface area contributed by atoms with Crippen LogP contribution in [0.1, 0.15) is 57.2 Å². The van der Waals surface area contributed by atoms with Gasteiger partial charge in [0.15, 0.2) is 0 Å². The summed E-state index contributed by atoms with van der Waals surface area (Å²) in [7, 11) is 0. The third-order valence-electron chi connectivity index (χ3n) is 3.95. The zero-order valence-corrected chi connectivity index (χ0v) is 14.8. The summed E-state index contributed by atoms with van der Waals surface area (Å²) >= 11 is 0. The highest BCUT2D eigenvalue weighted by Gasteiger charge is 2.34. The summed E-state index contributed by atoms with van der Waals surface area (Å²) in [5.74, 6) is 0.0966. The van der Waals surface area contributed by atoms with Crippen molar-refractivity contribution in [3.05, 3.63) is 34.9 Å². The summed E-state index contributed by atoms with van der Waals surface area (Å²) in [5, 5.41) is 3.30. The van der Waals surface area contributed by atoms with Crippen molar-refractivity contribution in [1.82, 2.24) is 10.2 Å². The van der Waals surface area contributed by atoms with Crippen molar-refractivity contribution in [2.75, 3.05) is 19.6 Å². The van der Waals surface area contributed by atoms with Gasteiger partial charge in [0.2, 0.25) is 0 Å². The average molecular weight is 330 g/mol. The summed E-state index contributed by atoms with van der Waals surface area (Å²) in [4.78, 5) is 2.08. The largest absolute Gasteiger partial charge is 0.416 e. The fraction of sp³-hybridized carbons (Fsp3) is 0.667. The van der Waals surface area contributed by atoms with Gasteiger partial charge in [0.1, 0.15) is 0 Å². The number of alkyl halides is 3. The van der Waals surface area contributed by atoms with Crippen LogP contribution in [0.15, 0.2) is 18.2 Å². The summed E-state index contributed by atoms with van der Waals surface area (Å²) in [6.45, 7) is 12.6. The monoisotopic (exact) mass is 330 g/mol. The van der Waals surface area contributed by atoms with Gasteiger partial charge in [0, 0.05) is 32.2 Å². The topological polar surface area (TPSA) is 15.3 Å². The lowest BCUT2D eigenvalue weighted by Crippen LogP contribution is -2.48. The zero-order chi connectivity index (χ0) is 17.6. The zero-order valence-electron chi connectivity index (χ0n) is 14.8. The highest BCUT2D eigenvalue weighted by Crippen LogP contribution is 2.34. The maximum atomic E-state index is 13.3. The van der Waals surface area contributed by atoms with E-state index in [0.717, 1.165) is 25.2 Å². The minimum absolute atomic E-state index is 0.0966. The van der Waals surface area contributed by atoms with E-state index >= 15 is 0 Å². The first kappa shape index (κ1) is 20.0. The molecule has 132 valence electrons. The van der Waals surface area contributed by atoms with Crippen LogP contribution in [0.5, 0.6) is 0 Å². The molecule has 0 bridgehead atoms. The quantitative estimate of drug-likeness (QED) is 0.868. The number of hydrogen-bond acceptors (Lipinski definition) is 2. The van der Waals surface area contributed by atoms with Gasteiger partial charge < -0.3 is 5.32 Å². The van der Waals surface area contributed by atoms with Crippen molar-refractivity contribution >= 4 is 0 Å². The minimum Gasteiger partial charge on any atom is -0.312 e. The molecular weight excluding hydrogens is 301 g/mol. The fourth-order valence-electron chi connectivity index (χ4n) is 2.75. The molecule has 0 aromatic heterocycles. The third kappa shape index (κ3) is 5.81. The molecule has 1 saturated heterocycles. The third-order valence-corrected chi connectivity index (χ3v) is 3.95. The molecule has 1 aromatic carbocycles. The molecule has 1 aromatic rings. The molecule has 1 aliphatic rings. The molecule has 1 atom stereocenters. The molecular formula is C18H29F3N2. The lowest BCUT2D eigenvalue weighted by Gasteiger charge is -2.32. The summed E-state index contributed by atoms with van der Waals surface area (Å²) < 4.78 is 39.9.